The Bertz CT molecular complexity index is 791. The van der Waals surface area contributed by atoms with Crippen LogP contribution in [0, 0.1) is 13.8 Å². The van der Waals surface area contributed by atoms with Gasteiger partial charge in [-0.15, -0.1) is 0 Å². The van der Waals surface area contributed by atoms with E-state index >= 15 is 0 Å². The number of para-hydroxylation sites is 1. The van der Waals surface area contributed by atoms with Crippen molar-refractivity contribution in [3.05, 3.63) is 29.3 Å². The molecule has 2 N–H and O–H groups in total. The molecule has 0 aliphatic carbocycles. The Morgan fingerprint density at radius 1 is 1.06 bits per heavy atom. The standard InChI is InChI=1S/C25H39N3O5/c1-18-8-6-9-19(2)23(18)32-17-7-10-22(30)28-15-12-20(13-16-28)27-21(29)11-14-26-24(31)33-25(3,4)5/h6,8-9,20H,7,10-17H2,1-5H3,(H,26,31)(H,27,29). The molecule has 0 radical (unpaired) electrons. The molecule has 0 unspecified atom stereocenters. The van der Waals surface area contributed by atoms with E-state index in [1.165, 1.54) is 0 Å². The summed E-state index contributed by atoms with van der Waals surface area (Å²) in [5.41, 5.74) is 1.64. The first-order valence-electron chi connectivity index (χ1n) is 11.8. The molecule has 0 bridgehead atoms. The number of benzene rings is 1. The van der Waals surface area contributed by atoms with Gasteiger partial charge in [-0.3, -0.25) is 9.59 Å². The van der Waals surface area contributed by atoms with E-state index in [2.05, 4.69) is 10.6 Å². The van der Waals surface area contributed by atoms with Crippen LogP contribution in [0.4, 0.5) is 4.79 Å². The molecule has 0 spiro atoms. The van der Waals surface area contributed by atoms with Crippen LogP contribution in [-0.2, 0) is 14.3 Å². The fourth-order valence-electron chi connectivity index (χ4n) is 3.75. The van der Waals surface area contributed by atoms with Gasteiger partial charge in [0.15, 0.2) is 0 Å². The molecule has 1 saturated heterocycles. The van der Waals surface area contributed by atoms with E-state index in [0.29, 0.717) is 32.5 Å². The predicted octanol–water partition coefficient (Wildman–Crippen LogP) is 3.48. The molecule has 2 rings (SSSR count). The fourth-order valence-corrected chi connectivity index (χ4v) is 3.75. The molecule has 3 amide bonds. The molecule has 33 heavy (non-hydrogen) atoms. The fraction of sp³-hybridized carbons (Fsp3) is 0.640. The van der Waals surface area contributed by atoms with Crippen molar-refractivity contribution in [3.8, 4) is 5.75 Å². The van der Waals surface area contributed by atoms with Crippen LogP contribution < -0.4 is 15.4 Å². The number of piperidine rings is 1. The van der Waals surface area contributed by atoms with E-state index < -0.39 is 11.7 Å². The first kappa shape index (κ1) is 26.5. The Hall–Kier alpha value is -2.77. The third-order valence-corrected chi connectivity index (χ3v) is 5.42. The van der Waals surface area contributed by atoms with Gasteiger partial charge in [-0.25, -0.2) is 4.79 Å². The van der Waals surface area contributed by atoms with E-state index in [1.807, 2.05) is 36.9 Å². The van der Waals surface area contributed by atoms with Crippen molar-refractivity contribution in [1.82, 2.24) is 15.5 Å². The van der Waals surface area contributed by atoms with Gasteiger partial charge in [0, 0.05) is 38.5 Å². The number of ether oxygens (including phenoxy) is 2. The Kier molecular flexibility index (Phi) is 10.0. The summed E-state index contributed by atoms with van der Waals surface area (Å²) in [6.45, 7) is 11.4. The maximum Gasteiger partial charge on any atom is 0.407 e. The van der Waals surface area contributed by atoms with E-state index in [1.54, 1.807) is 20.8 Å². The second kappa shape index (κ2) is 12.5. The second-order valence-corrected chi connectivity index (χ2v) is 9.57. The monoisotopic (exact) mass is 461 g/mol. The Balaban J connectivity index is 1.59. The van der Waals surface area contributed by atoms with Crippen LogP contribution in [0.2, 0.25) is 0 Å². The molecule has 1 fully saturated rings. The highest BCUT2D eigenvalue weighted by molar-refractivity contribution is 5.78. The number of aryl methyl sites for hydroxylation is 2. The maximum atomic E-state index is 12.5. The van der Waals surface area contributed by atoms with Crippen LogP contribution in [0.25, 0.3) is 0 Å². The van der Waals surface area contributed by atoms with Crippen molar-refractivity contribution in [2.24, 2.45) is 0 Å². The van der Waals surface area contributed by atoms with Crippen molar-refractivity contribution >= 4 is 17.9 Å². The van der Waals surface area contributed by atoms with E-state index in [0.717, 1.165) is 29.7 Å². The van der Waals surface area contributed by atoms with Crippen molar-refractivity contribution in [1.29, 1.82) is 0 Å². The number of rotatable bonds is 9. The molecule has 8 nitrogen and oxygen atoms in total. The first-order chi connectivity index (χ1) is 15.5. The quantitative estimate of drug-likeness (QED) is 0.549. The average Bonchev–Trinajstić information content (AvgIpc) is 2.72. The Morgan fingerprint density at radius 2 is 1.70 bits per heavy atom. The number of likely N-dealkylation sites (tertiary alicyclic amines) is 1. The number of nitrogens with zero attached hydrogens (tertiary/aromatic N) is 1. The molecule has 0 saturated carbocycles. The molecule has 1 aliphatic heterocycles. The summed E-state index contributed by atoms with van der Waals surface area (Å²) in [5.74, 6) is 0.925. The highest BCUT2D eigenvalue weighted by atomic mass is 16.6. The van der Waals surface area contributed by atoms with Gasteiger partial charge in [0.05, 0.1) is 6.61 Å². The SMILES string of the molecule is Cc1cccc(C)c1OCCCC(=O)N1CCC(NC(=O)CCNC(=O)OC(C)(C)C)CC1. The summed E-state index contributed by atoms with van der Waals surface area (Å²) in [5, 5.41) is 5.58. The molecule has 0 atom stereocenters. The highest BCUT2D eigenvalue weighted by Gasteiger charge is 2.23. The van der Waals surface area contributed by atoms with Crippen LogP contribution in [0.15, 0.2) is 18.2 Å². The van der Waals surface area contributed by atoms with Crippen LogP contribution in [0.3, 0.4) is 0 Å². The summed E-state index contributed by atoms with van der Waals surface area (Å²) in [4.78, 5) is 38.1. The van der Waals surface area contributed by atoms with Gasteiger partial charge < -0.3 is 25.0 Å². The largest absolute Gasteiger partial charge is 0.493 e. The smallest absolute Gasteiger partial charge is 0.407 e. The molecule has 1 heterocycles. The average molecular weight is 462 g/mol. The second-order valence-electron chi connectivity index (χ2n) is 9.57. The number of carbonyl (C=O) groups excluding carboxylic acids is 3. The van der Waals surface area contributed by atoms with Gasteiger partial charge in [-0.1, -0.05) is 18.2 Å². The first-order valence-corrected chi connectivity index (χ1v) is 11.8. The van der Waals surface area contributed by atoms with Crippen molar-refractivity contribution < 1.29 is 23.9 Å². The lowest BCUT2D eigenvalue weighted by Gasteiger charge is -2.32. The molecule has 1 aromatic rings. The van der Waals surface area contributed by atoms with Crippen molar-refractivity contribution in [2.75, 3.05) is 26.2 Å². The molecule has 8 heteroatoms. The van der Waals surface area contributed by atoms with Gasteiger partial charge in [0.25, 0.3) is 0 Å². The van der Waals surface area contributed by atoms with E-state index in [-0.39, 0.29) is 30.8 Å². The van der Waals surface area contributed by atoms with Gasteiger partial charge in [0.2, 0.25) is 11.8 Å². The summed E-state index contributed by atoms with van der Waals surface area (Å²) >= 11 is 0. The third-order valence-electron chi connectivity index (χ3n) is 5.42. The number of hydrogen-bond donors (Lipinski definition) is 2. The van der Waals surface area contributed by atoms with Crippen LogP contribution in [0.5, 0.6) is 5.75 Å². The zero-order valence-electron chi connectivity index (χ0n) is 20.7. The summed E-state index contributed by atoms with van der Waals surface area (Å²) in [7, 11) is 0. The van der Waals surface area contributed by atoms with Crippen LogP contribution in [-0.4, -0.2) is 60.7 Å². The van der Waals surface area contributed by atoms with Crippen LogP contribution in [0.1, 0.15) is 64.0 Å². The molecule has 184 valence electrons. The normalized spacial score (nSPS) is 14.5. The Morgan fingerprint density at radius 3 is 2.30 bits per heavy atom. The third kappa shape index (κ3) is 9.72. The number of alkyl carbamates (subject to hydrolysis) is 1. The lowest BCUT2D eigenvalue weighted by Crippen LogP contribution is -2.47. The van der Waals surface area contributed by atoms with Gasteiger partial charge in [0.1, 0.15) is 11.4 Å². The van der Waals surface area contributed by atoms with Gasteiger partial charge >= 0.3 is 6.09 Å². The topological polar surface area (TPSA) is 97.0 Å². The lowest BCUT2D eigenvalue weighted by atomic mass is 10.0. The predicted molar refractivity (Wildman–Crippen MR) is 127 cm³/mol. The summed E-state index contributed by atoms with van der Waals surface area (Å²) < 4.78 is 11.0. The van der Waals surface area contributed by atoms with E-state index in [9.17, 15) is 14.4 Å². The Labute approximate surface area is 197 Å². The van der Waals surface area contributed by atoms with E-state index in [4.69, 9.17) is 9.47 Å². The van der Waals surface area contributed by atoms with Gasteiger partial charge in [-0.2, -0.15) is 0 Å². The molecule has 0 aromatic heterocycles. The zero-order chi connectivity index (χ0) is 24.4. The van der Waals surface area contributed by atoms with Crippen molar-refractivity contribution in [3.63, 3.8) is 0 Å². The molecule has 1 aromatic carbocycles. The molecule has 1 aliphatic rings. The molecular formula is C25H39N3O5. The lowest BCUT2D eigenvalue weighted by molar-refractivity contribution is -0.132. The highest BCUT2D eigenvalue weighted by Crippen LogP contribution is 2.22. The van der Waals surface area contributed by atoms with Crippen LogP contribution >= 0.6 is 0 Å². The zero-order valence-corrected chi connectivity index (χ0v) is 20.7. The van der Waals surface area contributed by atoms with Crippen molar-refractivity contribution in [2.45, 2.75) is 78.4 Å². The minimum Gasteiger partial charge on any atom is -0.493 e. The summed E-state index contributed by atoms with van der Waals surface area (Å²) in [6.07, 6.45) is 2.26. The molecular weight excluding hydrogens is 422 g/mol. The number of amides is 3. The van der Waals surface area contributed by atoms with Gasteiger partial charge in [-0.05, 0) is 65.0 Å². The number of hydrogen-bond acceptors (Lipinski definition) is 5. The maximum absolute atomic E-state index is 12.5. The minimum atomic E-state index is -0.565. The minimum absolute atomic E-state index is 0.0513. The number of carbonyl (C=O) groups is 3. The number of nitrogens with one attached hydrogen (secondary N) is 2. The summed E-state index contributed by atoms with van der Waals surface area (Å²) in [6, 6.07) is 6.10.